The number of amides is 1. The van der Waals surface area contributed by atoms with Crippen molar-refractivity contribution in [3.8, 4) is 11.1 Å². The fourth-order valence-corrected chi connectivity index (χ4v) is 4.54. The highest BCUT2D eigenvalue weighted by Crippen LogP contribution is 2.20. The maximum atomic E-state index is 12.5. The molecule has 1 heterocycles. The van der Waals surface area contributed by atoms with Crippen LogP contribution in [0.2, 0.25) is 0 Å². The van der Waals surface area contributed by atoms with Gasteiger partial charge in [0.15, 0.2) is 0 Å². The normalized spacial score (nSPS) is 11.0. The number of aryl methyl sites for hydroxylation is 2. The van der Waals surface area contributed by atoms with E-state index < -0.39 is 0 Å². The molecule has 36 heavy (non-hydrogen) atoms. The van der Waals surface area contributed by atoms with Crippen LogP contribution < -0.4 is 5.32 Å². The van der Waals surface area contributed by atoms with Crippen LogP contribution in [-0.4, -0.2) is 22.0 Å². The van der Waals surface area contributed by atoms with E-state index in [-0.39, 0.29) is 5.91 Å². The third-order valence-electron chi connectivity index (χ3n) is 6.52. The average molecular weight is 474 g/mol. The molecule has 4 aromatic carbocycles. The first-order valence-electron chi connectivity index (χ1n) is 12.6. The molecule has 1 aromatic heterocycles. The molecular weight excluding hydrogens is 442 g/mol. The third-order valence-corrected chi connectivity index (χ3v) is 6.52. The molecule has 0 aliphatic carbocycles. The molecule has 1 amide bonds. The van der Waals surface area contributed by atoms with Gasteiger partial charge in [0.25, 0.3) is 0 Å². The summed E-state index contributed by atoms with van der Waals surface area (Å²) in [7, 11) is 0. The van der Waals surface area contributed by atoms with Gasteiger partial charge in [0, 0.05) is 19.5 Å². The number of aromatic nitrogens is 2. The number of rotatable bonds is 9. The van der Waals surface area contributed by atoms with Crippen LogP contribution in [0.3, 0.4) is 0 Å². The number of carbonyl (C=O) groups excluding carboxylic acids is 1. The summed E-state index contributed by atoms with van der Waals surface area (Å²) in [6.07, 6.45) is 2.05. The second-order valence-corrected chi connectivity index (χ2v) is 9.28. The minimum atomic E-state index is 0.0515. The Labute approximate surface area is 212 Å². The predicted molar refractivity (Wildman–Crippen MR) is 147 cm³/mol. The van der Waals surface area contributed by atoms with E-state index in [9.17, 15) is 4.79 Å². The summed E-state index contributed by atoms with van der Waals surface area (Å²) in [5.41, 5.74) is 8.05. The zero-order chi connectivity index (χ0) is 24.7. The molecular formula is C32H31N3O. The second-order valence-electron chi connectivity index (χ2n) is 9.28. The van der Waals surface area contributed by atoms with Gasteiger partial charge >= 0.3 is 0 Å². The van der Waals surface area contributed by atoms with Gasteiger partial charge in [-0.1, -0.05) is 96.6 Å². The topological polar surface area (TPSA) is 46.9 Å². The Hall–Kier alpha value is -4.18. The second kappa shape index (κ2) is 11.0. The molecule has 0 saturated heterocycles. The van der Waals surface area contributed by atoms with Crippen LogP contribution in [0.15, 0.2) is 103 Å². The van der Waals surface area contributed by atoms with Crippen LogP contribution in [0.1, 0.15) is 28.9 Å². The minimum absolute atomic E-state index is 0.0515. The molecule has 180 valence electrons. The quantitative estimate of drug-likeness (QED) is 0.254. The fraction of sp³-hybridized carbons (Fsp3) is 0.188. The van der Waals surface area contributed by atoms with Gasteiger partial charge in [0.05, 0.1) is 17.5 Å². The maximum Gasteiger partial charge on any atom is 0.224 e. The van der Waals surface area contributed by atoms with Gasteiger partial charge in [-0.05, 0) is 47.7 Å². The van der Waals surface area contributed by atoms with Crippen LogP contribution in [0.5, 0.6) is 0 Å². The highest BCUT2D eigenvalue weighted by molar-refractivity contribution is 5.79. The SMILES string of the molecule is Cc1ccc(Cn2c(CCCNC(=O)Cc3ccc(-c4ccccc4)cc3)nc3ccccc32)cc1. The van der Waals surface area contributed by atoms with Crippen molar-refractivity contribution in [3.63, 3.8) is 0 Å². The number of hydrogen-bond donors (Lipinski definition) is 1. The van der Waals surface area contributed by atoms with E-state index in [1.54, 1.807) is 0 Å². The summed E-state index contributed by atoms with van der Waals surface area (Å²) in [6, 6.07) is 35.5. The number of imidazole rings is 1. The van der Waals surface area contributed by atoms with Crippen molar-refractivity contribution in [1.29, 1.82) is 0 Å². The molecule has 0 saturated carbocycles. The first-order valence-corrected chi connectivity index (χ1v) is 12.6. The van der Waals surface area contributed by atoms with Gasteiger partial charge in [-0.2, -0.15) is 0 Å². The lowest BCUT2D eigenvalue weighted by Crippen LogP contribution is -2.26. The molecule has 1 N–H and O–H groups in total. The Morgan fingerprint density at radius 3 is 2.22 bits per heavy atom. The van der Waals surface area contributed by atoms with Crippen LogP contribution >= 0.6 is 0 Å². The number of fused-ring (bicyclic) bond motifs is 1. The van der Waals surface area contributed by atoms with E-state index in [2.05, 4.69) is 83.5 Å². The van der Waals surface area contributed by atoms with E-state index >= 15 is 0 Å². The van der Waals surface area contributed by atoms with Crippen molar-refractivity contribution < 1.29 is 4.79 Å². The summed E-state index contributed by atoms with van der Waals surface area (Å²) in [5, 5.41) is 3.08. The Balaban J connectivity index is 1.16. The lowest BCUT2D eigenvalue weighted by molar-refractivity contribution is -0.120. The van der Waals surface area contributed by atoms with E-state index in [0.717, 1.165) is 47.4 Å². The summed E-state index contributed by atoms with van der Waals surface area (Å²) in [4.78, 5) is 17.4. The van der Waals surface area contributed by atoms with Crippen molar-refractivity contribution in [2.24, 2.45) is 0 Å². The van der Waals surface area contributed by atoms with Crippen LogP contribution in [0.25, 0.3) is 22.2 Å². The number of carbonyl (C=O) groups is 1. The summed E-state index contributed by atoms with van der Waals surface area (Å²) in [5.74, 6) is 1.11. The lowest BCUT2D eigenvalue weighted by atomic mass is 10.0. The maximum absolute atomic E-state index is 12.5. The summed E-state index contributed by atoms with van der Waals surface area (Å²) >= 11 is 0. The number of nitrogens with zero attached hydrogens (tertiary/aromatic N) is 2. The molecule has 0 atom stereocenters. The minimum Gasteiger partial charge on any atom is -0.356 e. The molecule has 0 unspecified atom stereocenters. The molecule has 5 aromatic rings. The summed E-state index contributed by atoms with van der Waals surface area (Å²) in [6.45, 7) is 3.53. The standard InChI is InChI=1S/C32H31N3O/c1-24-13-15-26(16-14-24)23-35-30-11-6-5-10-29(30)34-31(35)12-7-21-33-32(36)22-25-17-19-28(20-18-25)27-8-3-2-4-9-27/h2-6,8-11,13-20H,7,12,21-23H2,1H3,(H,33,36). The lowest BCUT2D eigenvalue weighted by Gasteiger charge is -2.11. The van der Waals surface area contributed by atoms with E-state index in [1.807, 2.05) is 36.4 Å². The molecule has 4 heteroatoms. The van der Waals surface area contributed by atoms with Crippen LogP contribution in [0, 0.1) is 6.92 Å². The van der Waals surface area contributed by atoms with E-state index in [1.165, 1.54) is 16.7 Å². The number of para-hydroxylation sites is 2. The van der Waals surface area contributed by atoms with Gasteiger partial charge in [-0.25, -0.2) is 4.98 Å². The molecule has 0 fully saturated rings. The highest BCUT2D eigenvalue weighted by atomic mass is 16.1. The largest absolute Gasteiger partial charge is 0.356 e. The van der Waals surface area contributed by atoms with Crippen LogP contribution in [-0.2, 0) is 24.2 Å². The predicted octanol–water partition coefficient (Wildman–Crippen LogP) is 6.35. The molecule has 4 nitrogen and oxygen atoms in total. The smallest absolute Gasteiger partial charge is 0.224 e. The van der Waals surface area contributed by atoms with Crippen molar-refractivity contribution in [3.05, 3.63) is 126 Å². The number of hydrogen-bond acceptors (Lipinski definition) is 2. The van der Waals surface area contributed by atoms with Gasteiger partial charge in [0.2, 0.25) is 5.91 Å². The van der Waals surface area contributed by atoms with Gasteiger partial charge in [-0.3, -0.25) is 4.79 Å². The zero-order valence-electron chi connectivity index (χ0n) is 20.7. The van der Waals surface area contributed by atoms with Crippen molar-refractivity contribution in [2.75, 3.05) is 6.54 Å². The fourth-order valence-electron chi connectivity index (χ4n) is 4.54. The van der Waals surface area contributed by atoms with Gasteiger partial charge < -0.3 is 9.88 Å². The Morgan fingerprint density at radius 1 is 0.778 bits per heavy atom. The third kappa shape index (κ3) is 5.72. The molecule has 0 radical (unpaired) electrons. The molecule has 0 spiro atoms. The van der Waals surface area contributed by atoms with E-state index in [0.29, 0.717) is 13.0 Å². The average Bonchev–Trinajstić information content (AvgIpc) is 3.26. The first-order chi connectivity index (χ1) is 17.7. The number of nitrogens with one attached hydrogen (secondary N) is 1. The Kier molecular flexibility index (Phi) is 7.23. The zero-order valence-corrected chi connectivity index (χ0v) is 20.7. The summed E-state index contributed by atoms with van der Waals surface area (Å²) < 4.78 is 2.30. The van der Waals surface area contributed by atoms with Crippen LogP contribution in [0.4, 0.5) is 0 Å². The van der Waals surface area contributed by atoms with Gasteiger partial charge in [-0.15, -0.1) is 0 Å². The molecule has 5 rings (SSSR count). The highest BCUT2D eigenvalue weighted by Gasteiger charge is 2.11. The van der Waals surface area contributed by atoms with Gasteiger partial charge in [0.1, 0.15) is 5.82 Å². The Morgan fingerprint density at radius 2 is 1.44 bits per heavy atom. The first kappa shape index (κ1) is 23.6. The van der Waals surface area contributed by atoms with Crippen molar-refractivity contribution in [2.45, 2.75) is 32.7 Å². The molecule has 0 aliphatic heterocycles. The molecule has 0 aliphatic rings. The van der Waals surface area contributed by atoms with E-state index in [4.69, 9.17) is 4.98 Å². The Bertz CT molecular complexity index is 1440. The monoisotopic (exact) mass is 473 g/mol. The van der Waals surface area contributed by atoms with Crippen molar-refractivity contribution in [1.82, 2.24) is 14.9 Å². The molecule has 0 bridgehead atoms. The van der Waals surface area contributed by atoms with Crippen molar-refractivity contribution >= 4 is 16.9 Å². The number of benzene rings is 4.